The van der Waals surface area contributed by atoms with Crippen LogP contribution >= 0.6 is 11.3 Å². The van der Waals surface area contributed by atoms with Gasteiger partial charge in [-0.25, -0.2) is 0 Å². The van der Waals surface area contributed by atoms with Crippen LogP contribution < -0.4 is 0 Å². The maximum absolute atomic E-state index is 12.8. The largest absolute Gasteiger partial charge is 0.338 e. The number of benzene rings is 1. The van der Waals surface area contributed by atoms with Crippen molar-refractivity contribution < 1.29 is 14.4 Å². The Morgan fingerprint density at radius 3 is 2.17 bits per heavy atom. The minimum Gasteiger partial charge on any atom is -0.338 e. The number of nitrogens with zero attached hydrogens (tertiary/aromatic N) is 2. The molecule has 2 amide bonds. The van der Waals surface area contributed by atoms with E-state index in [0.717, 1.165) is 31.4 Å². The number of carbonyl (C=O) groups is 3. The molecule has 2 aliphatic rings. The molecule has 2 fully saturated rings. The third kappa shape index (κ3) is 4.31. The molecule has 1 aromatic carbocycles. The molecule has 0 bridgehead atoms. The molecule has 2 aliphatic heterocycles. The molecule has 0 atom stereocenters. The molecule has 0 saturated carbocycles. The standard InChI is InChI=1S/C24H24N2O3S/c1-18(27)20-8-9-21(30-20)23(29)25-14-11-24(12-15-25)13-16-26(17-24)22(28)10-7-19-5-3-2-4-6-19/h2-6,8-9H,11-17H2,1H3. The fraction of sp³-hybridized carbons (Fsp3) is 0.375. The molecule has 154 valence electrons. The van der Waals surface area contributed by atoms with Crippen molar-refractivity contribution in [2.45, 2.75) is 26.2 Å². The van der Waals surface area contributed by atoms with Crippen molar-refractivity contribution in [3.8, 4) is 11.8 Å². The van der Waals surface area contributed by atoms with Crippen molar-refractivity contribution in [2.24, 2.45) is 5.41 Å². The van der Waals surface area contributed by atoms with Crippen molar-refractivity contribution in [2.75, 3.05) is 26.2 Å². The highest BCUT2D eigenvalue weighted by molar-refractivity contribution is 7.15. The summed E-state index contributed by atoms with van der Waals surface area (Å²) in [5.74, 6) is 5.58. The highest BCUT2D eigenvalue weighted by atomic mass is 32.1. The topological polar surface area (TPSA) is 57.7 Å². The van der Waals surface area contributed by atoms with Gasteiger partial charge in [-0.3, -0.25) is 14.4 Å². The molecule has 0 aliphatic carbocycles. The lowest BCUT2D eigenvalue weighted by atomic mass is 9.78. The molecule has 3 heterocycles. The van der Waals surface area contributed by atoms with Gasteiger partial charge in [-0.15, -0.1) is 11.3 Å². The van der Waals surface area contributed by atoms with Crippen molar-refractivity contribution in [1.82, 2.24) is 9.80 Å². The molecule has 1 spiro atoms. The number of amides is 2. The summed E-state index contributed by atoms with van der Waals surface area (Å²) >= 11 is 1.27. The lowest BCUT2D eigenvalue weighted by molar-refractivity contribution is -0.124. The van der Waals surface area contributed by atoms with Crippen LogP contribution in [0.1, 0.15) is 51.1 Å². The SMILES string of the molecule is CC(=O)c1ccc(C(=O)N2CCC3(CCN(C(=O)C#Cc4ccccc4)C3)CC2)s1. The van der Waals surface area contributed by atoms with Gasteiger partial charge in [-0.1, -0.05) is 24.1 Å². The summed E-state index contributed by atoms with van der Waals surface area (Å²) in [6.07, 6.45) is 2.74. The van der Waals surface area contributed by atoms with Gasteiger partial charge in [0.05, 0.1) is 9.75 Å². The minimum atomic E-state index is -0.121. The normalized spacial score (nSPS) is 17.5. The lowest BCUT2D eigenvalue weighted by Crippen LogP contribution is -2.44. The predicted molar refractivity (Wildman–Crippen MR) is 116 cm³/mol. The van der Waals surface area contributed by atoms with E-state index in [2.05, 4.69) is 11.8 Å². The molecule has 4 rings (SSSR count). The van der Waals surface area contributed by atoms with Crippen molar-refractivity contribution >= 4 is 28.9 Å². The maximum atomic E-state index is 12.8. The first kappa shape index (κ1) is 20.4. The molecular formula is C24H24N2O3S. The Balaban J connectivity index is 1.33. The van der Waals surface area contributed by atoms with Gasteiger partial charge >= 0.3 is 0 Å². The molecule has 2 aromatic rings. The first-order valence-corrected chi connectivity index (χ1v) is 11.0. The van der Waals surface area contributed by atoms with E-state index in [1.807, 2.05) is 40.1 Å². The van der Waals surface area contributed by atoms with Crippen LogP contribution in [0.25, 0.3) is 0 Å². The number of carbonyl (C=O) groups excluding carboxylic acids is 3. The number of ketones is 1. The third-order valence-corrected chi connectivity index (χ3v) is 7.26. The number of hydrogen-bond acceptors (Lipinski definition) is 4. The van der Waals surface area contributed by atoms with Gasteiger partial charge in [0.2, 0.25) is 0 Å². The second-order valence-electron chi connectivity index (χ2n) is 8.11. The van der Waals surface area contributed by atoms with Crippen LogP contribution in [0.4, 0.5) is 0 Å². The number of thiophene rings is 1. The predicted octanol–water partition coefficient (Wildman–Crippen LogP) is 3.46. The third-order valence-electron chi connectivity index (χ3n) is 6.09. The smallest absolute Gasteiger partial charge is 0.298 e. The molecule has 30 heavy (non-hydrogen) atoms. The van der Waals surface area contributed by atoms with Crippen molar-refractivity contribution in [1.29, 1.82) is 0 Å². The second-order valence-corrected chi connectivity index (χ2v) is 9.19. The quantitative estimate of drug-likeness (QED) is 0.552. The summed E-state index contributed by atoms with van der Waals surface area (Å²) in [5, 5.41) is 0. The monoisotopic (exact) mass is 420 g/mol. The Kier molecular flexibility index (Phi) is 5.74. The van der Waals surface area contributed by atoms with Crippen LogP contribution in [0, 0.1) is 17.3 Å². The van der Waals surface area contributed by atoms with Crippen molar-refractivity contribution in [3.63, 3.8) is 0 Å². The number of hydrogen-bond donors (Lipinski definition) is 0. The van der Waals surface area contributed by atoms with Gasteiger partial charge in [0, 0.05) is 37.7 Å². The van der Waals surface area contributed by atoms with E-state index in [0.29, 0.717) is 29.4 Å². The molecule has 0 unspecified atom stereocenters. The number of Topliss-reactive ketones (excluding diaryl/α,β-unsaturated/α-hetero) is 1. The van der Waals surface area contributed by atoms with Crippen LogP contribution in [0.15, 0.2) is 42.5 Å². The first-order chi connectivity index (χ1) is 14.5. The summed E-state index contributed by atoms with van der Waals surface area (Å²) in [5.41, 5.74) is 0.925. The number of rotatable bonds is 2. The van der Waals surface area contributed by atoms with Gasteiger partial charge < -0.3 is 9.80 Å². The molecule has 5 nitrogen and oxygen atoms in total. The maximum Gasteiger partial charge on any atom is 0.298 e. The van der Waals surface area contributed by atoms with Crippen LogP contribution in [-0.4, -0.2) is 53.6 Å². The zero-order chi connectivity index (χ0) is 21.1. The van der Waals surface area contributed by atoms with Gasteiger partial charge in [0.15, 0.2) is 5.78 Å². The fourth-order valence-corrected chi connectivity index (χ4v) is 5.09. The fourth-order valence-electron chi connectivity index (χ4n) is 4.22. The lowest BCUT2D eigenvalue weighted by Gasteiger charge is -2.39. The Morgan fingerprint density at radius 1 is 0.900 bits per heavy atom. The molecule has 0 radical (unpaired) electrons. The van der Waals surface area contributed by atoms with E-state index in [4.69, 9.17) is 0 Å². The van der Waals surface area contributed by atoms with E-state index in [1.54, 1.807) is 12.1 Å². The Morgan fingerprint density at radius 2 is 1.53 bits per heavy atom. The van der Waals surface area contributed by atoms with Crippen LogP contribution in [0.5, 0.6) is 0 Å². The van der Waals surface area contributed by atoms with Crippen molar-refractivity contribution in [3.05, 3.63) is 57.8 Å². The minimum absolute atomic E-state index is 0.00186. The first-order valence-electron chi connectivity index (χ1n) is 10.2. The van der Waals surface area contributed by atoms with E-state index in [9.17, 15) is 14.4 Å². The molecular weight excluding hydrogens is 396 g/mol. The Hall–Kier alpha value is -2.91. The molecule has 0 N–H and O–H groups in total. The summed E-state index contributed by atoms with van der Waals surface area (Å²) in [6.45, 7) is 4.32. The summed E-state index contributed by atoms with van der Waals surface area (Å²) in [7, 11) is 0. The second kappa shape index (κ2) is 8.45. The van der Waals surface area contributed by atoms with Crippen LogP contribution in [0.3, 0.4) is 0 Å². The van der Waals surface area contributed by atoms with E-state index < -0.39 is 0 Å². The molecule has 2 saturated heterocycles. The summed E-state index contributed by atoms with van der Waals surface area (Å²) in [4.78, 5) is 41.7. The van der Waals surface area contributed by atoms with Gasteiger partial charge in [-0.2, -0.15) is 0 Å². The average molecular weight is 421 g/mol. The average Bonchev–Trinajstić information content (AvgIpc) is 3.41. The van der Waals surface area contributed by atoms with E-state index in [-0.39, 0.29) is 23.0 Å². The molecule has 6 heteroatoms. The molecule has 1 aromatic heterocycles. The van der Waals surface area contributed by atoms with Gasteiger partial charge in [0.1, 0.15) is 0 Å². The van der Waals surface area contributed by atoms with E-state index >= 15 is 0 Å². The number of likely N-dealkylation sites (tertiary alicyclic amines) is 2. The number of piperidine rings is 1. The summed E-state index contributed by atoms with van der Waals surface area (Å²) < 4.78 is 0. The Bertz CT molecular complexity index is 1020. The van der Waals surface area contributed by atoms with Gasteiger partial charge in [-0.05, 0) is 55.9 Å². The van der Waals surface area contributed by atoms with E-state index in [1.165, 1.54) is 18.3 Å². The highest BCUT2D eigenvalue weighted by Crippen LogP contribution is 2.40. The van der Waals surface area contributed by atoms with Crippen LogP contribution in [0.2, 0.25) is 0 Å². The zero-order valence-corrected chi connectivity index (χ0v) is 17.8. The highest BCUT2D eigenvalue weighted by Gasteiger charge is 2.42. The zero-order valence-electron chi connectivity index (χ0n) is 17.0. The van der Waals surface area contributed by atoms with Gasteiger partial charge in [0.25, 0.3) is 11.8 Å². The van der Waals surface area contributed by atoms with Crippen LogP contribution in [-0.2, 0) is 4.79 Å². The Labute approximate surface area is 180 Å². The summed E-state index contributed by atoms with van der Waals surface area (Å²) in [6, 6.07) is 13.0.